The maximum Gasteiger partial charge on any atom is 0.438 e. The minimum absolute atomic E-state index is 0.0579. The topological polar surface area (TPSA) is 88.0 Å². The minimum Gasteiger partial charge on any atom is -0.320 e. The number of carbonyl (C=O) groups excluding carboxylic acids is 1. The Morgan fingerprint density at radius 1 is 1.53 bits per heavy atom. The Hall–Kier alpha value is -1.50. The van der Waals surface area contributed by atoms with Crippen LogP contribution in [-0.2, 0) is 4.79 Å². The van der Waals surface area contributed by atoms with Gasteiger partial charge in [0.05, 0.1) is 10.3 Å². The lowest BCUT2D eigenvalue weighted by Gasteiger charge is -1.88. The Bertz CT molecular complexity index is 423. The van der Waals surface area contributed by atoms with E-state index in [0.717, 1.165) is 5.03 Å². The summed E-state index contributed by atoms with van der Waals surface area (Å²) in [5.41, 5.74) is 0. The van der Waals surface area contributed by atoms with Crippen LogP contribution in [0, 0.1) is 6.92 Å². The number of carbonyl (C=O) groups is 1. The van der Waals surface area contributed by atoms with Gasteiger partial charge in [0.25, 0.3) is 0 Å². The van der Waals surface area contributed by atoms with Gasteiger partial charge in [-0.2, -0.15) is 0 Å². The van der Waals surface area contributed by atoms with Gasteiger partial charge in [0.1, 0.15) is 5.82 Å². The van der Waals surface area contributed by atoms with Crippen molar-refractivity contribution in [2.24, 2.45) is 0 Å². The molecular formula is C8H11N3O3S. The maximum atomic E-state index is 10.6. The lowest BCUT2D eigenvalue weighted by Crippen LogP contribution is -2.18. The molecule has 0 aliphatic carbocycles. The van der Waals surface area contributed by atoms with Crippen LogP contribution in [0.5, 0.6) is 0 Å². The highest BCUT2D eigenvalue weighted by Gasteiger charge is 2.22. The van der Waals surface area contributed by atoms with Crippen LogP contribution < -0.4 is 11.1 Å². The number of hydrogen-bond acceptors (Lipinski definition) is 5. The average molecular weight is 229 g/mol. The molecule has 1 aliphatic rings. The zero-order valence-corrected chi connectivity index (χ0v) is 9.18. The normalized spacial score (nSPS) is 19.5. The first-order chi connectivity index (χ1) is 6.99. The SMILES string of the molecule is C=C1NC(=O)C(C)S1.Cc1noc(=O)[nH]1. The molecule has 1 aromatic heterocycles. The second-order valence-corrected chi connectivity index (χ2v) is 4.29. The van der Waals surface area contributed by atoms with Crippen LogP contribution in [0.4, 0.5) is 0 Å². The van der Waals surface area contributed by atoms with Crippen molar-refractivity contribution in [3.8, 4) is 0 Å². The predicted molar refractivity (Wildman–Crippen MR) is 56.2 cm³/mol. The van der Waals surface area contributed by atoms with Gasteiger partial charge in [-0.15, -0.1) is 0 Å². The molecule has 2 rings (SSSR count). The second kappa shape index (κ2) is 4.83. The summed E-state index contributed by atoms with van der Waals surface area (Å²) in [7, 11) is 0. The van der Waals surface area contributed by atoms with Crippen LogP contribution in [0.3, 0.4) is 0 Å². The van der Waals surface area contributed by atoms with Gasteiger partial charge in [0.15, 0.2) is 0 Å². The van der Waals surface area contributed by atoms with E-state index < -0.39 is 5.76 Å². The second-order valence-electron chi connectivity index (χ2n) is 2.85. The number of nitrogens with one attached hydrogen (secondary N) is 2. The van der Waals surface area contributed by atoms with Gasteiger partial charge in [-0.3, -0.25) is 14.3 Å². The largest absolute Gasteiger partial charge is 0.438 e. The lowest BCUT2D eigenvalue weighted by molar-refractivity contribution is -0.118. The van der Waals surface area contributed by atoms with Gasteiger partial charge in [-0.05, 0) is 13.8 Å². The predicted octanol–water partition coefficient (Wildman–Crippen LogP) is 0.380. The molecule has 2 heterocycles. The van der Waals surface area contributed by atoms with Gasteiger partial charge in [0, 0.05) is 0 Å². The summed E-state index contributed by atoms with van der Waals surface area (Å²) in [5.74, 6) is 0.0718. The van der Waals surface area contributed by atoms with Crippen molar-refractivity contribution in [2.45, 2.75) is 19.1 Å². The van der Waals surface area contributed by atoms with E-state index in [1.165, 1.54) is 11.8 Å². The fourth-order valence-corrected chi connectivity index (χ4v) is 1.59. The first kappa shape index (κ1) is 11.6. The number of rotatable bonds is 0. The van der Waals surface area contributed by atoms with Gasteiger partial charge < -0.3 is 5.32 Å². The molecule has 0 aromatic carbocycles. The van der Waals surface area contributed by atoms with Crippen LogP contribution >= 0.6 is 11.8 Å². The highest BCUT2D eigenvalue weighted by Crippen LogP contribution is 2.23. The molecule has 6 nitrogen and oxygen atoms in total. The Kier molecular flexibility index (Phi) is 3.73. The fraction of sp³-hybridized carbons (Fsp3) is 0.375. The van der Waals surface area contributed by atoms with Gasteiger partial charge in [-0.25, -0.2) is 4.79 Å². The number of H-pyrrole nitrogens is 1. The molecule has 1 unspecified atom stereocenters. The Morgan fingerprint density at radius 3 is 2.33 bits per heavy atom. The molecule has 0 bridgehead atoms. The molecule has 0 radical (unpaired) electrons. The number of aromatic amines is 1. The summed E-state index contributed by atoms with van der Waals surface area (Å²) in [6, 6.07) is 0. The van der Waals surface area contributed by atoms with E-state index in [9.17, 15) is 9.59 Å². The van der Waals surface area contributed by atoms with Crippen molar-refractivity contribution in [1.29, 1.82) is 0 Å². The molecule has 1 aromatic rings. The smallest absolute Gasteiger partial charge is 0.320 e. The minimum atomic E-state index is -0.502. The summed E-state index contributed by atoms with van der Waals surface area (Å²) >= 11 is 1.47. The van der Waals surface area contributed by atoms with E-state index in [2.05, 4.69) is 26.6 Å². The third kappa shape index (κ3) is 3.62. The van der Waals surface area contributed by atoms with Crippen LogP contribution in [0.2, 0.25) is 0 Å². The molecule has 0 saturated carbocycles. The van der Waals surface area contributed by atoms with Crippen LogP contribution in [-0.4, -0.2) is 21.3 Å². The summed E-state index contributed by atoms with van der Waals surface area (Å²) in [6.07, 6.45) is 0. The van der Waals surface area contributed by atoms with E-state index in [1.807, 2.05) is 6.92 Å². The van der Waals surface area contributed by atoms with Crippen LogP contribution in [0.15, 0.2) is 20.9 Å². The zero-order chi connectivity index (χ0) is 11.4. The lowest BCUT2D eigenvalue weighted by atomic mass is 10.4. The van der Waals surface area contributed by atoms with E-state index in [1.54, 1.807) is 6.92 Å². The molecule has 1 fully saturated rings. The van der Waals surface area contributed by atoms with Gasteiger partial charge in [0.2, 0.25) is 5.91 Å². The average Bonchev–Trinajstić information content (AvgIpc) is 2.61. The number of hydrogen-bond donors (Lipinski definition) is 2. The third-order valence-corrected chi connectivity index (χ3v) is 2.45. The molecule has 1 saturated heterocycles. The van der Waals surface area contributed by atoms with Crippen molar-refractivity contribution in [2.75, 3.05) is 0 Å². The highest BCUT2D eigenvalue weighted by molar-refractivity contribution is 8.04. The van der Waals surface area contributed by atoms with E-state index in [0.29, 0.717) is 5.82 Å². The Morgan fingerprint density at radius 2 is 2.20 bits per heavy atom. The van der Waals surface area contributed by atoms with Gasteiger partial charge >= 0.3 is 5.76 Å². The number of aromatic nitrogens is 2. The van der Waals surface area contributed by atoms with E-state index in [-0.39, 0.29) is 11.2 Å². The Balaban J connectivity index is 0.000000151. The highest BCUT2D eigenvalue weighted by atomic mass is 32.2. The zero-order valence-electron chi connectivity index (χ0n) is 8.36. The van der Waals surface area contributed by atoms with Crippen molar-refractivity contribution < 1.29 is 9.32 Å². The molecule has 15 heavy (non-hydrogen) atoms. The number of amides is 1. The Labute approximate surface area is 90.1 Å². The van der Waals surface area contributed by atoms with Crippen molar-refractivity contribution in [3.63, 3.8) is 0 Å². The molecule has 7 heteroatoms. The number of thioether (sulfide) groups is 1. The number of nitrogens with zero attached hydrogens (tertiary/aromatic N) is 1. The number of aryl methyl sites for hydroxylation is 1. The first-order valence-corrected chi connectivity index (χ1v) is 5.06. The van der Waals surface area contributed by atoms with Crippen molar-refractivity contribution in [3.05, 3.63) is 28.0 Å². The molecule has 1 aliphatic heterocycles. The van der Waals surface area contributed by atoms with Crippen molar-refractivity contribution >= 4 is 17.7 Å². The molecule has 1 amide bonds. The summed E-state index contributed by atoms with van der Waals surface area (Å²) in [4.78, 5) is 22.9. The van der Waals surface area contributed by atoms with Gasteiger partial charge in [-0.1, -0.05) is 23.5 Å². The first-order valence-electron chi connectivity index (χ1n) is 4.18. The molecule has 1 atom stereocenters. The molecule has 2 N–H and O–H groups in total. The maximum absolute atomic E-state index is 10.6. The summed E-state index contributed by atoms with van der Waals surface area (Å²) < 4.78 is 4.10. The summed E-state index contributed by atoms with van der Waals surface area (Å²) in [5, 5.41) is 6.69. The van der Waals surface area contributed by atoms with E-state index >= 15 is 0 Å². The molecule has 0 spiro atoms. The fourth-order valence-electron chi connectivity index (χ4n) is 0.839. The van der Waals surface area contributed by atoms with Crippen LogP contribution in [0.1, 0.15) is 12.7 Å². The van der Waals surface area contributed by atoms with Crippen molar-refractivity contribution in [1.82, 2.24) is 15.5 Å². The monoisotopic (exact) mass is 229 g/mol. The molecular weight excluding hydrogens is 218 g/mol. The van der Waals surface area contributed by atoms with E-state index in [4.69, 9.17) is 0 Å². The van der Waals surface area contributed by atoms with Crippen LogP contribution in [0.25, 0.3) is 0 Å². The quantitative estimate of drug-likeness (QED) is 0.671. The third-order valence-electron chi connectivity index (χ3n) is 1.50. The summed E-state index contributed by atoms with van der Waals surface area (Å²) in [6.45, 7) is 7.09. The standard InChI is InChI=1S/C5H7NOS.C3H4N2O2/c1-3-5(7)6-4(2)8-3;1-2-4-3(6)7-5-2/h3H,2H2,1H3,(H,6,7);1H3,(H,4,5,6). The molecule has 82 valence electrons.